The lowest BCUT2D eigenvalue weighted by molar-refractivity contribution is -0.140. The second-order valence-electron chi connectivity index (χ2n) is 4.96. The van der Waals surface area contributed by atoms with Gasteiger partial charge in [-0.15, -0.1) is 0 Å². The standard InChI is InChI=1S/C18H19NO2/c1-13(2)18(20)21-12-15-4-3-5-17(10-15)16-8-6-14(11-19)7-9-16/h3-10H,1,11-12,19H2,2H3. The second kappa shape index (κ2) is 6.86. The van der Waals surface area contributed by atoms with E-state index in [0.29, 0.717) is 12.1 Å². The molecule has 0 aliphatic rings. The maximum atomic E-state index is 11.4. The number of carbonyl (C=O) groups is 1. The highest BCUT2D eigenvalue weighted by molar-refractivity contribution is 5.86. The van der Waals surface area contributed by atoms with Crippen LogP contribution in [-0.4, -0.2) is 5.97 Å². The zero-order chi connectivity index (χ0) is 15.2. The lowest BCUT2D eigenvalue weighted by atomic mass is 10.0. The third kappa shape index (κ3) is 4.04. The van der Waals surface area contributed by atoms with Gasteiger partial charge in [0.1, 0.15) is 6.61 Å². The highest BCUT2D eigenvalue weighted by atomic mass is 16.5. The van der Waals surface area contributed by atoms with Crippen LogP contribution >= 0.6 is 0 Å². The lowest BCUT2D eigenvalue weighted by Gasteiger charge is -2.07. The number of rotatable bonds is 5. The Kier molecular flexibility index (Phi) is 4.90. The van der Waals surface area contributed by atoms with E-state index >= 15 is 0 Å². The molecular formula is C18H19NO2. The molecule has 0 bridgehead atoms. The summed E-state index contributed by atoms with van der Waals surface area (Å²) in [6, 6.07) is 16.1. The van der Waals surface area contributed by atoms with Crippen LogP contribution in [0.1, 0.15) is 18.1 Å². The zero-order valence-electron chi connectivity index (χ0n) is 12.1. The van der Waals surface area contributed by atoms with Crippen LogP contribution in [0.25, 0.3) is 11.1 Å². The van der Waals surface area contributed by atoms with E-state index < -0.39 is 0 Å². The molecule has 0 unspecified atom stereocenters. The number of hydrogen-bond acceptors (Lipinski definition) is 3. The first-order valence-corrected chi connectivity index (χ1v) is 6.81. The van der Waals surface area contributed by atoms with Gasteiger partial charge in [0.2, 0.25) is 0 Å². The summed E-state index contributed by atoms with van der Waals surface area (Å²) in [7, 11) is 0. The van der Waals surface area contributed by atoms with Gasteiger partial charge >= 0.3 is 5.97 Å². The molecule has 3 nitrogen and oxygen atoms in total. The summed E-state index contributed by atoms with van der Waals surface area (Å²) in [6.45, 7) is 5.99. The Morgan fingerprint density at radius 3 is 2.43 bits per heavy atom. The van der Waals surface area contributed by atoms with Gasteiger partial charge < -0.3 is 10.5 Å². The Morgan fingerprint density at radius 2 is 1.81 bits per heavy atom. The molecule has 108 valence electrons. The van der Waals surface area contributed by atoms with E-state index in [-0.39, 0.29) is 12.6 Å². The van der Waals surface area contributed by atoms with Crippen molar-refractivity contribution in [3.8, 4) is 11.1 Å². The number of benzene rings is 2. The largest absolute Gasteiger partial charge is 0.457 e. The lowest BCUT2D eigenvalue weighted by Crippen LogP contribution is -2.04. The molecule has 0 aliphatic carbocycles. The van der Waals surface area contributed by atoms with Gasteiger partial charge in [0.25, 0.3) is 0 Å². The van der Waals surface area contributed by atoms with E-state index in [1.165, 1.54) is 0 Å². The topological polar surface area (TPSA) is 52.3 Å². The van der Waals surface area contributed by atoms with Crippen LogP contribution < -0.4 is 5.73 Å². The molecule has 2 rings (SSSR count). The number of ether oxygens (including phenoxy) is 1. The summed E-state index contributed by atoms with van der Waals surface area (Å²) >= 11 is 0. The summed E-state index contributed by atoms with van der Waals surface area (Å²) in [6.07, 6.45) is 0. The molecule has 0 heterocycles. The first-order chi connectivity index (χ1) is 10.1. The molecule has 0 atom stereocenters. The number of esters is 1. The van der Waals surface area contributed by atoms with E-state index in [2.05, 4.69) is 6.58 Å². The predicted octanol–water partition coefficient (Wildman–Crippen LogP) is 3.43. The van der Waals surface area contributed by atoms with Crippen LogP contribution in [0.5, 0.6) is 0 Å². The number of hydrogen-bond donors (Lipinski definition) is 1. The SMILES string of the molecule is C=C(C)C(=O)OCc1cccc(-c2ccc(CN)cc2)c1. The number of nitrogens with two attached hydrogens (primary N) is 1. The minimum absolute atomic E-state index is 0.250. The molecule has 0 saturated heterocycles. The van der Waals surface area contributed by atoms with Crippen molar-refractivity contribution >= 4 is 5.97 Å². The van der Waals surface area contributed by atoms with Gasteiger partial charge in [-0.1, -0.05) is 49.0 Å². The Morgan fingerprint density at radius 1 is 1.10 bits per heavy atom. The first-order valence-electron chi connectivity index (χ1n) is 6.81. The molecular weight excluding hydrogens is 262 g/mol. The van der Waals surface area contributed by atoms with Crippen molar-refractivity contribution in [3.63, 3.8) is 0 Å². The van der Waals surface area contributed by atoms with E-state index in [4.69, 9.17) is 10.5 Å². The van der Waals surface area contributed by atoms with Crippen molar-refractivity contribution < 1.29 is 9.53 Å². The molecule has 3 heteroatoms. The molecule has 0 radical (unpaired) electrons. The molecule has 0 spiro atoms. The highest BCUT2D eigenvalue weighted by Crippen LogP contribution is 2.21. The Labute approximate surface area is 125 Å². The predicted molar refractivity (Wildman–Crippen MR) is 84.4 cm³/mol. The maximum absolute atomic E-state index is 11.4. The van der Waals surface area contributed by atoms with Crippen molar-refractivity contribution in [2.45, 2.75) is 20.1 Å². The van der Waals surface area contributed by atoms with Crippen LogP contribution in [0, 0.1) is 0 Å². The summed E-state index contributed by atoms with van der Waals surface area (Å²) in [5, 5.41) is 0. The summed E-state index contributed by atoms with van der Waals surface area (Å²) in [4.78, 5) is 11.4. The second-order valence-corrected chi connectivity index (χ2v) is 4.96. The van der Waals surface area contributed by atoms with Crippen LogP contribution in [0.4, 0.5) is 0 Å². The highest BCUT2D eigenvalue weighted by Gasteiger charge is 2.05. The average Bonchev–Trinajstić information content (AvgIpc) is 2.53. The Bertz CT molecular complexity index is 645. The maximum Gasteiger partial charge on any atom is 0.333 e. The van der Waals surface area contributed by atoms with Gasteiger partial charge in [-0.3, -0.25) is 0 Å². The first kappa shape index (κ1) is 15.0. The monoisotopic (exact) mass is 281 g/mol. The molecule has 0 fully saturated rings. The number of carbonyl (C=O) groups excluding carboxylic acids is 1. The van der Waals surface area contributed by atoms with Crippen molar-refractivity contribution in [1.82, 2.24) is 0 Å². The van der Waals surface area contributed by atoms with E-state index in [1.807, 2.05) is 48.5 Å². The third-order valence-electron chi connectivity index (χ3n) is 3.17. The quantitative estimate of drug-likeness (QED) is 0.674. The third-order valence-corrected chi connectivity index (χ3v) is 3.17. The van der Waals surface area contributed by atoms with Gasteiger partial charge in [0.15, 0.2) is 0 Å². The molecule has 21 heavy (non-hydrogen) atoms. The molecule has 2 N–H and O–H groups in total. The van der Waals surface area contributed by atoms with Crippen LogP contribution in [-0.2, 0) is 22.7 Å². The van der Waals surface area contributed by atoms with Crippen molar-refractivity contribution in [1.29, 1.82) is 0 Å². The van der Waals surface area contributed by atoms with E-state index in [1.54, 1.807) is 6.92 Å². The van der Waals surface area contributed by atoms with Crippen molar-refractivity contribution in [3.05, 3.63) is 71.8 Å². The van der Waals surface area contributed by atoms with Crippen molar-refractivity contribution in [2.75, 3.05) is 0 Å². The molecule has 0 aliphatic heterocycles. The Balaban J connectivity index is 2.13. The molecule has 0 amide bonds. The van der Waals surface area contributed by atoms with Gasteiger partial charge in [-0.2, -0.15) is 0 Å². The minimum Gasteiger partial charge on any atom is -0.457 e. The smallest absolute Gasteiger partial charge is 0.333 e. The van der Waals surface area contributed by atoms with Crippen LogP contribution in [0.3, 0.4) is 0 Å². The summed E-state index contributed by atoms with van der Waals surface area (Å²) < 4.78 is 5.16. The molecule has 0 saturated carbocycles. The van der Waals surface area contributed by atoms with Gasteiger partial charge in [0.05, 0.1) is 0 Å². The fourth-order valence-corrected chi connectivity index (χ4v) is 1.95. The van der Waals surface area contributed by atoms with Crippen LogP contribution in [0.2, 0.25) is 0 Å². The zero-order valence-corrected chi connectivity index (χ0v) is 12.1. The van der Waals surface area contributed by atoms with E-state index in [0.717, 1.165) is 22.3 Å². The van der Waals surface area contributed by atoms with Gasteiger partial charge in [-0.05, 0) is 35.2 Å². The van der Waals surface area contributed by atoms with Gasteiger partial charge in [0, 0.05) is 12.1 Å². The molecule has 2 aromatic carbocycles. The fraction of sp³-hybridized carbons (Fsp3) is 0.167. The van der Waals surface area contributed by atoms with Crippen molar-refractivity contribution in [2.24, 2.45) is 5.73 Å². The summed E-state index contributed by atoms with van der Waals surface area (Å²) in [5.74, 6) is -0.368. The summed E-state index contributed by atoms with van der Waals surface area (Å²) in [5.41, 5.74) is 10.3. The Hall–Kier alpha value is -2.39. The fourth-order valence-electron chi connectivity index (χ4n) is 1.95. The van der Waals surface area contributed by atoms with Gasteiger partial charge in [-0.25, -0.2) is 4.79 Å². The minimum atomic E-state index is -0.368. The normalized spacial score (nSPS) is 10.2. The van der Waals surface area contributed by atoms with Crippen LogP contribution in [0.15, 0.2) is 60.7 Å². The average molecular weight is 281 g/mol. The van der Waals surface area contributed by atoms with E-state index in [9.17, 15) is 4.79 Å². The molecule has 2 aromatic rings. The molecule has 0 aromatic heterocycles.